The van der Waals surface area contributed by atoms with Gasteiger partial charge in [0.05, 0.1) is 17.8 Å². The molecule has 1 aromatic carbocycles. The van der Waals surface area contributed by atoms with Crippen molar-refractivity contribution in [3.8, 4) is 5.75 Å². The molecule has 2 N–H and O–H groups in total. The van der Waals surface area contributed by atoms with E-state index in [1.54, 1.807) is 0 Å². The molecule has 0 bridgehead atoms. The van der Waals surface area contributed by atoms with Crippen molar-refractivity contribution in [3.63, 3.8) is 0 Å². The van der Waals surface area contributed by atoms with Crippen LogP contribution in [0.1, 0.15) is 5.56 Å². The van der Waals surface area contributed by atoms with E-state index < -0.39 is 0 Å². The van der Waals surface area contributed by atoms with Gasteiger partial charge in [0, 0.05) is 5.56 Å². The average Bonchev–Trinajstić information content (AvgIpc) is 2.11. The first-order valence-corrected chi connectivity index (χ1v) is 4.24. The molecule has 1 rings (SSSR count). The largest absolute Gasteiger partial charge is 0.496 e. The Morgan fingerprint density at radius 3 is 2.85 bits per heavy atom. The van der Waals surface area contributed by atoms with E-state index in [0.29, 0.717) is 15.8 Å². The molecule has 0 aliphatic rings. The highest BCUT2D eigenvalue weighted by molar-refractivity contribution is 9.10. The van der Waals surface area contributed by atoms with Crippen LogP contribution in [0.4, 0.5) is 4.39 Å². The number of methoxy groups -OCH3 is 1. The molecule has 1 aromatic rings. The van der Waals surface area contributed by atoms with Gasteiger partial charge in [-0.2, -0.15) is 5.10 Å². The number of halogens is 2. The van der Waals surface area contributed by atoms with Gasteiger partial charge in [0.1, 0.15) is 11.6 Å². The molecule has 0 aliphatic carbocycles. The standard InChI is InChI=1S/C8H8BrFN2O/c1-13-8-3-6(9)7(10)2-5(8)4-12-11/h2-4H,11H2,1H3. The van der Waals surface area contributed by atoms with Crippen LogP contribution in [0, 0.1) is 5.82 Å². The number of benzene rings is 1. The fourth-order valence-electron chi connectivity index (χ4n) is 0.902. The molecule has 5 heteroatoms. The number of nitrogens with zero attached hydrogens (tertiary/aromatic N) is 1. The van der Waals surface area contributed by atoms with Crippen LogP contribution in [0.2, 0.25) is 0 Å². The highest BCUT2D eigenvalue weighted by Gasteiger charge is 2.06. The quantitative estimate of drug-likeness (QED) is 0.492. The van der Waals surface area contributed by atoms with Crippen molar-refractivity contribution in [2.75, 3.05) is 7.11 Å². The maximum absolute atomic E-state index is 13.0. The van der Waals surface area contributed by atoms with E-state index in [4.69, 9.17) is 10.6 Å². The van der Waals surface area contributed by atoms with E-state index in [-0.39, 0.29) is 5.82 Å². The van der Waals surface area contributed by atoms with E-state index >= 15 is 0 Å². The van der Waals surface area contributed by atoms with Crippen molar-refractivity contribution in [3.05, 3.63) is 28.0 Å². The molecule has 0 atom stereocenters. The second-order valence-electron chi connectivity index (χ2n) is 2.29. The lowest BCUT2D eigenvalue weighted by molar-refractivity contribution is 0.412. The van der Waals surface area contributed by atoms with Gasteiger partial charge >= 0.3 is 0 Å². The second kappa shape index (κ2) is 4.23. The molecule has 0 saturated heterocycles. The van der Waals surface area contributed by atoms with Gasteiger partial charge in [0.2, 0.25) is 0 Å². The van der Waals surface area contributed by atoms with Gasteiger partial charge in [-0.1, -0.05) is 0 Å². The Morgan fingerprint density at radius 1 is 1.62 bits per heavy atom. The molecule has 0 amide bonds. The average molecular weight is 247 g/mol. The molecule has 0 heterocycles. The summed E-state index contributed by atoms with van der Waals surface area (Å²) in [6.45, 7) is 0. The van der Waals surface area contributed by atoms with Gasteiger partial charge in [-0.05, 0) is 28.1 Å². The Labute approximate surface area is 83.5 Å². The zero-order valence-corrected chi connectivity index (χ0v) is 8.51. The van der Waals surface area contributed by atoms with Crippen LogP contribution >= 0.6 is 15.9 Å². The fraction of sp³-hybridized carbons (Fsp3) is 0.125. The molecule has 0 spiro atoms. The molecule has 0 radical (unpaired) electrons. The zero-order valence-electron chi connectivity index (χ0n) is 6.92. The lowest BCUT2D eigenvalue weighted by atomic mass is 10.2. The van der Waals surface area contributed by atoms with Crippen molar-refractivity contribution in [2.24, 2.45) is 10.9 Å². The number of hydrogen-bond donors (Lipinski definition) is 1. The molecule has 0 fully saturated rings. The molecule has 3 nitrogen and oxygen atoms in total. The summed E-state index contributed by atoms with van der Waals surface area (Å²) in [6, 6.07) is 2.81. The van der Waals surface area contributed by atoms with Crippen molar-refractivity contribution in [1.82, 2.24) is 0 Å². The van der Waals surface area contributed by atoms with E-state index in [1.165, 1.54) is 25.5 Å². The van der Waals surface area contributed by atoms with Crippen LogP contribution in [-0.4, -0.2) is 13.3 Å². The summed E-state index contributed by atoms with van der Waals surface area (Å²) in [5, 5.41) is 3.30. The van der Waals surface area contributed by atoms with E-state index in [9.17, 15) is 4.39 Å². The zero-order chi connectivity index (χ0) is 9.84. The lowest BCUT2D eigenvalue weighted by Gasteiger charge is -2.05. The van der Waals surface area contributed by atoms with Crippen LogP contribution < -0.4 is 10.6 Å². The Balaban J connectivity index is 3.24. The van der Waals surface area contributed by atoms with Crippen molar-refractivity contribution in [1.29, 1.82) is 0 Å². The lowest BCUT2D eigenvalue weighted by Crippen LogP contribution is -1.94. The van der Waals surface area contributed by atoms with Gasteiger partial charge in [0.15, 0.2) is 0 Å². The maximum atomic E-state index is 13.0. The third-order valence-corrected chi connectivity index (χ3v) is 2.09. The highest BCUT2D eigenvalue weighted by Crippen LogP contribution is 2.25. The monoisotopic (exact) mass is 246 g/mol. The normalized spacial score (nSPS) is 10.7. The summed E-state index contributed by atoms with van der Waals surface area (Å²) in [6.07, 6.45) is 1.33. The topological polar surface area (TPSA) is 47.6 Å². The predicted octanol–water partition coefficient (Wildman–Crippen LogP) is 1.89. The minimum atomic E-state index is -0.379. The third kappa shape index (κ3) is 2.18. The second-order valence-corrected chi connectivity index (χ2v) is 3.14. The number of hydrogen-bond acceptors (Lipinski definition) is 3. The third-order valence-electron chi connectivity index (χ3n) is 1.49. The summed E-state index contributed by atoms with van der Waals surface area (Å²) in [5.41, 5.74) is 0.505. The first kappa shape index (κ1) is 9.98. The van der Waals surface area contributed by atoms with E-state index in [2.05, 4.69) is 21.0 Å². The summed E-state index contributed by atoms with van der Waals surface area (Å²) in [7, 11) is 1.49. The maximum Gasteiger partial charge on any atom is 0.138 e. The van der Waals surface area contributed by atoms with Gasteiger partial charge in [-0.15, -0.1) is 0 Å². The van der Waals surface area contributed by atoms with Gasteiger partial charge in [-0.3, -0.25) is 0 Å². The SMILES string of the molecule is COc1cc(Br)c(F)cc1C=NN. The molecule has 13 heavy (non-hydrogen) atoms. The minimum Gasteiger partial charge on any atom is -0.496 e. The molecular formula is C8H8BrFN2O. The predicted molar refractivity (Wildman–Crippen MR) is 52.4 cm³/mol. The number of hydrazone groups is 1. The van der Waals surface area contributed by atoms with Crippen LogP contribution in [0.15, 0.2) is 21.7 Å². The number of ether oxygens (including phenoxy) is 1. The van der Waals surface area contributed by atoms with Gasteiger partial charge in [-0.25, -0.2) is 4.39 Å². The molecule has 0 saturated carbocycles. The van der Waals surface area contributed by atoms with Crippen LogP contribution in [-0.2, 0) is 0 Å². The fourth-order valence-corrected chi connectivity index (χ4v) is 1.22. The molecule has 0 aliphatic heterocycles. The van der Waals surface area contributed by atoms with E-state index in [0.717, 1.165) is 0 Å². The van der Waals surface area contributed by atoms with Gasteiger partial charge < -0.3 is 10.6 Å². The highest BCUT2D eigenvalue weighted by atomic mass is 79.9. The number of nitrogens with two attached hydrogens (primary N) is 1. The van der Waals surface area contributed by atoms with Crippen LogP contribution in [0.3, 0.4) is 0 Å². The first-order valence-electron chi connectivity index (χ1n) is 3.45. The smallest absolute Gasteiger partial charge is 0.138 e. The van der Waals surface area contributed by atoms with Crippen molar-refractivity contribution >= 4 is 22.1 Å². The van der Waals surface area contributed by atoms with Crippen molar-refractivity contribution < 1.29 is 9.13 Å². The molecule has 70 valence electrons. The van der Waals surface area contributed by atoms with Crippen LogP contribution in [0.5, 0.6) is 5.75 Å². The van der Waals surface area contributed by atoms with Crippen molar-refractivity contribution in [2.45, 2.75) is 0 Å². The van der Waals surface area contributed by atoms with E-state index in [1.807, 2.05) is 0 Å². The first-order chi connectivity index (χ1) is 6.19. The minimum absolute atomic E-state index is 0.346. The number of rotatable bonds is 2. The molecular weight excluding hydrogens is 239 g/mol. The Kier molecular flexibility index (Phi) is 3.25. The Morgan fingerprint density at radius 2 is 2.31 bits per heavy atom. The van der Waals surface area contributed by atoms with Gasteiger partial charge in [0.25, 0.3) is 0 Å². The van der Waals surface area contributed by atoms with Crippen LogP contribution in [0.25, 0.3) is 0 Å². The summed E-state index contributed by atoms with van der Waals surface area (Å²) in [4.78, 5) is 0. The molecule has 0 unspecified atom stereocenters. The summed E-state index contributed by atoms with van der Waals surface area (Å²) >= 11 is 3.04. The Bertz CT molecular complexity index is 341. The summed E-state index contributed by atoms with van der Waals surface area (Å²) < 4.78 is 18.4. The Hall–Kier alpha value is -1.10. The summed E-state index contributed by atoms with van der Waals surface area (Å²) in [5.74, 6) is 5.09. The molecule has 0 aromatic heterocycles.